The zero-order valence-electron chi connectivity index (χ0n) is 8.09. The molecule has 0 rings (SSSR count). The third-order valence-corrected chi connectivity index (χ3v) is 1.53. The minimum atomic E-state index is -1.22. The van der Waals surface area contributed by atoms with Crippen molar-refractivity contribution in [2.24, 2.45) is 0 Å². The van der Waals surface area contributed by atoms with E-state index in [1.165, 1.54) is 6.92 Å². The molecule has 0 aromatic carbocycles. The van der Waals surface area contributed by atoms with Gasteiger partial charge in [-0.15, -0.1) is 0 Å². The Morgan fingerprint density at radius 3 is 2.15 bits per heavy atom. The topological polar surface area (TPSA) is 63.6 Å². The molecule has 0 spiro atoms. The summed E-state index contributed by atoms with van der Waals surface area (Å²) in [4.78, 5) is 21.8. The zero-order valence-corrected chi connectivity index (χ0v) is 8.09. The van der Waals surface area contributed by atoms with E-state index in [1.807, 2.05) is 0 Å². The minimum absolute atomic E-state index is 0.173. The van der Waals surface area contributed by atoms with Gasteiger partial charge in [0, 0.05) is 6.42 Å². The van der Waals surface area contributed by atoms with E-state index in [9.17, 15) is 9.59 Å². The van der Waals surface area contributed by atoms with Crippen molar-refractivity contribution in [1.29, 1.82) is 0 Å². The molecular weight excluding hydrogens is 172 g/mol. The summed E-state index contributed by atoms with van der Waals surface area (Å²) >= 11 is 0. The highest BCUT2D eigenvalue weighted by Gasteiger charge is 2.19. The van der Waals surface area contributed by atoms with Crippen molar-refractivity contribution in [2.45, 2.75) is 27.2 Å². The quantitative estimate of drug-likeness (QED) is 0.305. The van der Waals surface area contributed by atoms with Gasteiger partial charge in [-0.2, -0.15) is 0 Å². The molecule has 13 heavy (non-hydrogen) atoms. The number of carboxylic acids is 1. The van der Waals surface area contributed by atoms with Gasteiger partial charge in [0.15, 0.2) is 5.78 Å². The van der Waals surface area contributed by atoms with E-state index < -0.39 is 11.8 Å². The van der Waals surface area contributed by atoms with Crippen molar-refractivity contribution in [3.05, 3.63) is 11.3 Å². The standard InChI is InChI=1S/C9H14O4/c1-4-7(10)8(9(11)12)6(3)13-5-2/h4-5H2,1-3H3,(H,11,12). The molecule has 0 saturated heterocycles. The first-order valence-electron chi connectivity index (χ1n) is 4.14. The van der Waals surface area contributed by atoms with E-state index in [1.54, 1.807) is 13.8 Å². The Labute approximate surface area is 77.2 Å². The number of aliphatic carboxylic acids is 1. The summed E-state index contributed by atoms with van der Waals surface area (Å²) in [6, 6.07) is 0. The molecule has 0 aliphatic carbocycles. The fourth-order valence-electron chi connectivity index (χ4n) is 0.932. The molecule has 0 bridgehead atoms. The van der Waals surface area contributed by atoms with Crippen LogP contribution in [0.25, 0.3) is 0 Å². The number of ether oxygens (including phenoxy) is 1. The normalized spacial score (nSPS) is 11.9. The maximum atomic E-state index is 11.2. The predicted molar refractivity (Wildman–Crippen MR) is 47.3 cm³/mol. The predicted octanol–water partition coefficient (Wildman–Crippen LogP) is 1.36. The van der Waals surface area contributed by atoms with Crippen molar-refractivity contribution in [3.63, 3.8) is 0 Å². The van der Waals surface area contributed by atoms with Crippen LogP contribution in [0, 0.1) is 0 Å². The van der Waals surface area contributed by atoms with Gasteiger partial charge in [-0.05, 0) is 13.8 Å². The third kappa shape index (κ3) is 3.27. The minimum Gasteiger partial charge on any atom is -0.497 e. The van der Waals surface area contributed by atoms with Gasteiger partial charge in [0.1, 0.15) is 11.3 Å². The van der Waals surface area contributed by atoms with Crippen molar-refractivity contribution in [1.82, 2.24) is 0 Å². The highest BCUT2D eigenvalue weighted by molar-refractivity contribution is 6.16. The second-order valence-electron chi connectivity index (χ2n) is 2.45. The number of hydrogen-bond donors (Lipinski definition) is 1. The number of rotatable bonds is 5. The molecule has 0 radical (unpaired) electrons. The van der Waals surface area contributed by atoms with E-state index in [0.29, 0.717) is 6.61 Å². The number of Topliss-reactive ketones (excluding diaryl/α,β-unsaturated/α-hetero) is 1. The lowest BCUT2D eigenvalue weighted by Gasteiger charge is -2.06. The van der Waals surface area contributed by atoms with Crippen LogP contribution in [0.2, 0.25) is 0 Å². The van der Waals surface area contributed by atoms with Crippen molar-refractivity contribution in [3.8, 4) is 0 Å². The van der Waals surface area contributed by atoms with E-state index in [0.717, 1.165) is 0 Å². The Bertz CT molecular complexity index is 240. The Kier molecular flexibility index (Phi) is 4.80. The first kappa shape index (κ1) is 11.7. The molecule has 0 aromatic rings. The summed E-state index contributed by atoms with van der Waals surface area (Å²) in [5.74, 6) is -1.45. The molecular formula is C9H14O4. The first-order chi connectivity index (χ1) is 6.04. The molecule has 1 N–H and O–H groups in total. The van der Waals surface area contributed by atoms with Crippen LogP contribution >= 0.6 is 0 Å². The van der Waals surface area contributed by atoms with Gasteiger partial charge in [0.2, 0.25) is 0 Å². The van der Waals surface area contributed by atoms with Gasteiger partial charge in [-0.1, -0.05) is 6.92 Å². The Balaban J connectivity index is 4.88. The highest BCUT2D eigenvalue weighted by atomic mass is 16.5. The van der Waals surface area contributed by atoms with Crippen LogP contribution in [0.1, 0.15) is 27.2 Å². The molecule has 4 heteroatoms. The molecule has 0 atom stereocenters. The van der Waals surface area contributed by atoms with Gasteiger partial charge >= 0.3 is 5.97 Å². The fourth-order valence-corrected chi connectivity index (χ4v) is 0.932. The largest absolute Gasteiger partial charge is 0.497 e. The summed E-state index contributed by atoms with van der Waals surface area (Å²) in [5, 5.41) is 8.71. The van der Waals surface area contributed by atoms with Crippen LogP contribution in [-0.2, 0) is 14.3 Å². The van der Waals surface area contributed by atoms with Gasteiger partial charge in [0.25, 0.3) is 0 Å². The number of hydrogen-bond acceptors (Lipinski definition) is 3. The summed E-state index contributed by atoms with van der Waals surface area (Å²) in [5.41, 5.74) is -0.246. The maximum Gasteiger partial charge on any atom is 0.342 e. The summed E-state index contributed by atoms with van der Waals surface area (Å²) < 4.78 is 4.97. The lowest BCUT2D eigenvalue weighted by Crippen LogP contribution is -2.14. The lowest BCUT2D eigenvalue weighted by atomic mass is 10.1. The lowest BCUT2D eigenvalue weighted by molar-refractivity contribution is -0.135. The van der Waals surface area contributed by atoms with Crippen molar-refractivity contribution in [2.75, 3.05) is 6.61 Å². The summed E-state index contributed by atoms with van der Waals surface area (Å²) in [6.45, 7) is 5.20. The second-order valence-corrected chi connectivity index (χ2v) is 2.45. The van der Waals surface area contributed by atoms with Crippen LogP contribution in [0.3, 0.4) is 0 Å². The molecule has 0 heterocycles. The molecule has 0 amide bonds. The Morgan fingerprint density at radius 1 is 1.31 bits per heavy atom. The van der Waals surface area contributed by atoms with Crippen molar-refractivity contribution >= 4 is 11.8 Å². The average molecular weight is 186 g/mol. The molecule has 0 aliphatic rings. The smallest absolute Gasteiger partial charge is 0.342 e. The van der Waals surface area contributed by atoms with E-state index >= 15 is 0 Å². The van der Waals surface area contributed by atoms with Crippen LogP contribution in [0.15, 0.2) is 11.3 Å². The third-order valence-electron chi connectivity index (χ3n) is 1.53. The molecule has 0 unspecified atom stereocenters. The zero-order chi connectivity index (χ0) is 10.4. The summed E-state index contributed by atoms with van der Waals surface area (Å²) in [6.07, 6.45) is 0.173. The SMILES string of the molecule is CCOC(C)=C(C(=O)O)C(=O)CC. The van der Waals surface area contributed by atoms with Gasteiger partial charge in [0.05, 0.1) is 6.61 Å². The van der Waals surface area contributed by atoms with Gasteiger partial charge < -0.3 is 9.84 Å². The van der Waals surface area contributed by atoms with Crippen LogP contribution in [0.4, 0.5) is 0 Å². The maximum absolute atomic E-state index is 11.2. The van der Waals surface area contributed by atoms with Crippen LogP contribution in [0.5, 0.6) is 0 Å². The molecule has 74 valence electrons. The second kappa shape index (κ2) is 5.35. The van der Waals surface area contributed by atoms with Gasteiger partial charge in [-0.3, -0.25) is 4.79 Å². The highest BCUT2D eigenvalue weighted by Crippen LogP contribution is 2.09. The molecule has 0 aromatic heterocycles. The van der Waals surface area contributed by atoms with Crippen LogP contribution < -0.4 is 0 Å². The number of carbonyl (C=O) groups is 2. The molecule has 4 nitrogen and oxygen atoms in total. The number of ketones is 1. The number of carbonyl (C=O) groups excluding carboxylic acids is 1. The fraction of sp³-hybridized carbons (Fsp3) is 0.556. The monoisotopic (exact) mass is 186 g/mol. The molecule has 0 aliphatic heterocycles. The van der Waals surface area contributed by atoms with Gasteiger partial charge in [-0.25, -0.2) is 4.79 Å². The average Bonchev–Trinajstić information content (AvgIpc) is 2.04. The van der Waals surface area contributed by atoms with E-state index in [2.05, 4.69) is 0 Å². The summed E-state index contributed by atoms with van der Waals surface area (Å²) in [7, 11) is 0. The Morgan fingerprint density at radius 2 is 1.85 bits per heavy atom. The van der Waals surface area contributed by atoms with E-state index in [4.69, 9.17) is 9.84 Å². The molecule has 0 fully saturated rings. The van der Waals surface area contributed by atoms with E-state index in [-0.39, 0.29) is 17.8 Å². The van der Waals surface area contributed by atoms with Crippen molar-refractivity contribution < 1.29 is 19.4 Å². The number of carboxylic acid groups (broad SMARTS) is 1. The molecule has 0 saturated carbocycles. The Hall–Kier alpha value is -1.32. The number of allylic oxidation sites excluding steroid dienone is 1. The first-order valence-corrected chi connectivity index (χ1v) is 4.14. The van der Waals surface area contributed by atoms with Crippen LogP contribution in [-0.4, -0.2) is 23.5 Å².